The normalized spacial score (nSPS) is 14.1. The zero-order valence-electron chi connectivity index (χ0n) is 11.7. The van der Waals surface area contributed by atoms with Crippen molar-refractivity contribution in [2.24, 2.45) is 0 Å². The van der Waals surface area contributed by atoms with Crippen molar-refractivity contribution >= 4 is 0 Å². The zero-order valence-corrected chi connectivity index (χ0v) is 11.7. The summed E-state index contributed by atoms with van der Waals surface area (Å²) in [6.07, 6.45) is 4.91. The van der Waals surface area contributed by atoms with E-state index in [1.54, 1.807) is 0 Å². The van der Waals surface area contributed by atoms with Crippen molar-refractivity contribution in [3.8, 4) is 11.4 Å². The molecule has 1 aliphatic heterocycles. The minimum atomic E-state index is 0.781. The Morgan fingerprint density at radius 3 is 2.95 bits per heavy atom. The fourth-order valence-electron chi connectivity index (χ4n) is 2.70. The molecule has 0 aliphatic carbocycles. The van der Waals surface area contributed by atoms with Gasteiger partial charge in [-0.05, 0) is 5.56 Å². The van der Waals surface area contributed by atoms with Crippen LogP contribution in [0.1, 0.15) is 17.0 Å². The van der Waals surface area contributed by atoms with E-state index in [-0.39, 0.29) is 0 Å². The summed E-state index contributed by atoms with van der Waals surface area (Å²) in [5.74, 6) is 0.919. The Morgan fingerprint density at radius 2 is 2.10 bits per heavy atom. The molecule has 3 aromatic rings. The average Bonchev–Trinajstić information content (AvgIpc) is 3.14. The van der Waals surface area contributed by atoms with Gasteiger partial charge in [-0.25, -0.2) is 4.98 Å². The van der Waals surface area contributed by atoms with Gasteiger partial charge < -0.3 is 10.3 Å². The molecular weight excluding hydrogens is 262 g/mol. The van der Waals surface area contributed by atoms with Gasteiger partial charge in [0.2, 0.25) is 0 Å². The number of hydrogen-bond acceptors (Lipinski definition) is 3. The predicted octanol–water partition coefficient (Wildman–Crippen LogP) is 1.97. The molecule has 1 aromatic carbocycles. The fraction of sp³-hybridized carbons (Fsp3) is 0.250. The fourth-order valence-corrected chi connectivity index (χ4v) is 2.70. The molecular formula is C16H17N5. The second-order valence-corrected chi connectivity index (χ2v) is 5.35. The maximum Gasteiger partial charge on any atom is 0.141 e. The SMILES string of the molecule is c1ccc(Cn2cc(-c3nc4c([nH]3)CNCC4)cn2)cc1. The molecule has 0 spiro atoms. The first kappa shape index (κ1) is 12.3. The molecule has 4 rings (SSSR count). The highest BCUT2D eigenvalue weighted by Crippen LogP contribution is 2.20. The number of fused-ring (bicyclic) bond motifs is 1. The summed E-state index contributed by atoms with van der Waals surface area (Å²) in [4.78, 5) is 8.09. The maximum atomic E-state index is 4.69. The summed E-state index contributed by atoms with van der Waals surface area (Å²) >= 11 is 0. The lowest BCUT2D eigenvalue weighted by molar-refractivity contribution is 0.627. The predicted molar refractivity (Wildman–Crippen MR) is 80.8 cm³/mol. The van der Waals surface area contributed by atoms with Crippen molar-refractivity contribution < 1.29 is 0 Å². The van der Waals surface area contributed by atoms with Gasteiger partial charge in [0.05, 0.1) is 29.7 Å². The van der Waals surface area contributed by atoms with Gasteiger partial charge >= 0.3 is 0 Å². The van der Waals surface area contributed by atoms with Crippen LogP contribution in [-0.4, -0.2) is 26.3 Å². The Morgan fingerprint density at radius 1 is 1.19 bits per heavy atom. The molecule has 2 N–H and O–H groups in total. The van der Waals surface area contributed by atoms with Gasteiger partial charge in [0.1, 0.15) is 5.82 Å². The molecule has 3 heterocycles. The van der Waals surface area contributed by atoms with Gasteiger partial charge in [-0.15, -0.1) is 0 Å². The van der Waals surface area contributed by atoms with E-state index < -0.39 is 0 Å². The van der Waals surface area contributed by atoms with Crippen LogP contribution in [0.2, 0.25) is 0 Å². The molecule has 0 fully saturated rings. The number of benzene rings is 1. The molecule has 5 heteroatoms. The molecule has 0 amide bonds. The van der Waals surface area contributed by atoms with Crippen LogP contribution in [0, 0.1) is 0 Å². The van der Waals surface area contributed by atoms with E-state index in [2.05, 4.69) is 27.5 Å². The lowest BCUT2D eigenvalue weighted by atomic mass is 10.2. The van der Waals surface area contributed by atoms with Crippen LogP contribution in [0.25, 0.3) is 11.4 Å². The molecule has 2 aromatic heterocycles. The second kappa shape index (κ2) is 5.18. The van der Waals surface area contributed by atoms with E-state index >= 15 is 0 Å². The molecule has 5 nitrogen and oxygen atoms in total. The molecule has 1 aliphatic rings. The van der Waals surface area contributed by atoms with Crippen molar-refractivity contribution in [2.45, 2.75) is 19.5 Å². The van der Waals surface area contributed by atoms with E-state index in [9.17, 15) is 0 Å². The first-order valence-electron chi connectivity index (χ1n) is 7.24. The van der Waals surface area contributed by atoms with Crippen LogP contribution < -0.4 is 5.32 Å². The van der Waals surface area contributed by atoms with Gasteiger partial charge in [-0.3, -0.25) is 4.68 Å². The Hall–Kier alpha value is -2.40. The molecule has 0 radical (unpaired) electrons. The summed E-state index contributed by atoms with van der Waals surface area (Å²) in [5, 5.41) is 7.79. The van der Waals surface area contributed by atoms with Gasteiger partial charge in [-0.2, -0.15) is 5.10 Å². The van der Waals surface area contributed by atoms with Crippen molar-refractivity contribution in [3.05, 3.63) is 59.7 Å². The molecule has 0 atom stereocenters. The number of aromatic amines is 1. The highest BCUT2D eigenvalue weighted by Gasteiger charge is 2.15. The van der Waals surface area contributed by atoms with E-state index in [0.29, 0.717) is 0 Å². The third-order valence-electron chi connectivity index (χ3n) is 3.80. The highest BCUT2D eigenvalue weighted by atomic mass is 15.3. The minimum absolute atomic E-state index is 0.781. The van der Waals surface area contributed by atoms with Crippen LogP contribution in [0.5, 0.6) is 0 Å². The molecule has 0 bridgehead atoms. The van der Waals surface area contributed by atoms with Gasteiger partial charge in [-0.1, -0.05) is 30.3 Å². The van der Waals surface area contributed by atoms with E-state index in [4.69, 9.17) is 4.98 Å². The Labute approximate surface area is 123 Å². The van der Waals surface area contributed by atoms with Crippen LogP contribution >= 0.6 is 0 Å². The van der Waals surface area contributed by atoms with Crippen molar-refractivity contribution in [2.75, 3.05) is 6.54 Å². The van der Waals surface area contributed by atoms with Gasteiger partial charge in [0.15, 0.2) is 0 Å². The number of imidazole rings is 1. The first-order valence-corrected chi connectivity index (χ1v) is 7.24. The molecule has 0 unspecified atom stereocenters. The van der Waals surface area contributed by atoms with Crippen LogP contribution in [0.4, 0.5) is 0 Å². The van der Waals surface area contributed by atoms with Crippen LogP contribution in [0.3, 0.4) is 0 Å². The van der Waals surface area contributed by atoms with Crippen LogP contribution in [-0.2, 0) is 19.5 Å². The minimum Gasteiger partial charge on any atom is -0.340 e. The summed E-state index contributed by atoms with van der Waals surface area (Å²) in [6.45, 7) is 2.66. The van der Waals surface area contributed by atoms with E-state index in [0.717, 1.165) is 37.4 Å². The van der Waals surface area contributed by atoms with Crippen LogP contribution in [0.15, 0.2) is 42.7 Å². The smallest absolute Gasteiger partial charge is 0.141 e. The zero-order chi connectivity index (χ0) is 14.1. The van der Waals surface area contributed by atoms with Gasteiger partial charge in [0.25, 0.3) is 0 Å². The lowest BCUT2D eigenvalue weighted by Crippen LogP contribution is -2.23. The van der Waals surface area contributed by atoms with Crippen molar-refractivity contribution in [1.82, 2.24) is 25.1 Å². The van der Waals surface area contributed by atoms with Gasteiger partial charge in [0, 0.05) is 25.7 Å². The van der Waals surface area contributed by atoms with Crippen molar-refractivity contribution in [3.63, 3.8) is 0 Å². The quantitative estimate of drug-likeness (QED) is 0.770. The Bertz CT molecular complexity index is 718. The standard InChI is InChI=1S/C16H17N5/c1-2-4-12(5-3-1)10-21-11-13(8-18-21)16-19-14-6-7-17-9-15(14)20-16/h1-5,8,11,17H,6-7,9-10H2,(H,19,20). The summed E-state index contributed by atoms with van der Waals surface area (Å²) < 4.78 is 1.95. The molecule has 0 saturated heterocycles. The number of hydrogen-bond donors (Lipinski definition) is 2. The largest absolute Gasteiger partial charge is 0.340 e. The average molecular weight is 279 g/mol. The maximum absolute atomic E-state index is 4.69. The number of aromatic nitrogens is 4. The number of rotatable bonds is 3. The number of H-pyrrole nitrogens is 1. The topological polar surface area (TPSA) is 58.5 Å². The third-order valence-corrected chi connectivity index (χ3v) is 3.80. The molecule has 0 saturated carbocycles. The summed E-state index contributed by atoms with van der Waals surface area (Å²) in [5.41, 5.74) is 4.67. The lowest BCUT2D eigenvalue weighted by Gasteiger charge is -2.09. The molecule has 21 heavy (non-hydrogen) atoms. The Balaban J connectivity index is 1.58. The first-order chi connectivity index (χ1) is 10.4. The number of nitrogens with one attached hydrogen (secondary N) is 2. The number of nitrogens with zero attached hydrogens (tertiary/aromatic N) is 3. The third kappa shape index (κ3) is 2.48. The summed E-state index contributed by atoms with van der Waals surface area (Å²) in [7, 11) is 0. The van der Waals surface area contributed by atoms with Crippen molar-refractivity contribution in [1.29, 1.82) is 0 Å². The Kier molecular flexibility index (Phi) is 3.05. The summed E-state index contributed by atoms with van der Waals surface area (Å²) in [6, 6.07) is 10.3. The highest BCUT2D eigenvalue weighted by molar-refractivity contribution is 5.53. The molecule has 106 valence electrons. The second-order valence-electron chi connectivity index (χ2n) is 5.35. The van der Waals surface area contributed by atoms with E-state index in [1.807, 2.05) is 35.3 Å². The van der Waals surface area contributed by atoms with E-state index in [1.165, 1.54) is 17.0 Å². The monoisotopic (exact) mass is 279 g/mol.